The van der Waals surface area contributed by atoms with Crippen LogP contribution >= 0.6 is 11.6 Å². The second-order valence-corrected chi connectivity index (χ2v) is 3.96. The lowest BCUT2D eigenvalue weighted by molar-refractivity contribution is -0.137. The normalized spacial score (nSPS) is 11.8. The molecule has 2 N–H and O–H groups in total. The Kier molecular flexibility index (Phi) is 4.62. The van der Waals surface area contributed by atoms with E-state index in [2.05, 4.69) is 0 Å². The lowest BCUT2D eigenvalue weighted by Crippen LogP contribution is -2.05. The summed E-state index contributed by atoms with van der Waals surface area (Å²) in [6.45, 7) is 0.582. The van der Waals surface area contributed by atoms with Gasteiger partial charge < -0.3 is 5.73 Å². The predicted molar refractivity (Wildman–Crippen MR) is 58.4 cm³/mol. The Morgan fingerprint density at radius 3 is 2.38 bits per heavy atom. The molecule has 0 heterocycles. The van der Waals surface area contributed by atoms with Crippen molar-refractivity contribution in [1.82, 2.24) is 0 Å². The van der Waals surface area contributed by atoms with Crippen LogP contribution in [-0.4, -0.2) is 6.54 Å². The Morgan fingerprint density at radius 2 is 1.88 bits per heavy atom. The van der Waals surface area contributed by atoms with Gasteiger partial charge >= 0.3 is 6.18 Å². The fourth-order valence-corrected chi connectivity index (χ4v) is 1.66. The standard InChI is InChI=1S/C11H13ClF3N/c12-10-7-9(11(13,14)15)5-4-8(10)3-1-2-6-16/h4-5,7H,1-3,6,16H2. The first-order chi connectivity index (χ1) is 7.45. The van der Waals surface area contributed by atoms with E-state index in [1.807, 2.05) is 0 Å². The van der Waals surface area contributed by atoms with Crippen molar-refractivity contribution in [2.75, 3.05) is 6.54 Å². The average molecular weight is 252 g/mol. The summed E-state index contributed by atoms with van der Waals surface area (Å²) in [5.41, 5.74) is 5.36. The summed E-state index contributed by atoms with van der Waals surface area (Å²) in [5.74, 6) is 0. The number of halogens is 4. The molecule has 0 spiro atoms. The second kappa shape index (κ2) is 5.55. The van der Waals surface area contributed by atoms with Crippen LogP contribution in [0.4, 0.5) is 13.2 Å². The van der Waals surface area contributed by atoms with Gasteiger partial charge in [0.25, 0.3) is 0 Å². The first-order valence-electron chi connectivity index (χ1n) is 5.01. The van der Waals surface area contributed by atoms with E-state index in [1.165, 1.54) is 6.07 Å². The molecule has 5 heteroatoms. The Balaban J connectivity index is 2.76. The van der Waals surface area contributed by atoms with E-state index in [9.17, 15) is 13.2 Å². The molecule has 0 aliphatic heterocycles. The fourth-order valence-electron chi connectivity index (χ4n) is 1.39. The molecule has 0 atom stereocenters. The molecule has 1 nitrogen and oxygen atoms in total. The Bertz CT molecular complexity index is 350. The molecule has 1 aromatic carbocycles. The van der Waals surface area contributed by atoms with Crippen molar-refractivity contribution < 1.29 is 13.2 Å². The molecular formula is C11H13ClF3N. The third kappa shape index (κ3) is 3.68. The Labute approximate surface area is 97.4 Å². The second-order valence-electron chi connectivity index (χ2n) is 3.55. The van der Waals surface area contributed by atoms with Crippen LogP contribution in [-0.2, 0) is 12.6 Å². The van der Waals surface area contributed by atoms with Crippen LogP contribution in [0.1, 0.15) is 24.0 Å². The van der Waals surface area contributed by atoms with Crippen molar-refractivity contribution in [2.24, 2.45) is 5.73 Å². The molecule has 1 rings (SSSR count). The lowest BCUT2D eigenvalue weighted by atomic mass is 10.1. The minimum atomic E-state index is -4.33. The number of aryl methyl sites for hydroxylation is 1. The van der Waals surface area contributed by atoms with Gasteiger partial charge in [0.1, 0.15) is 0 Å². The molecule has 0 unspecified atom stereocenters. The molecule has 0 aromatic heterocycles. The van der Waals surface area contributed by atoms with Gasteiger partial charge in [-0.2, -0.15) is 13.2 Å². The molecule has 0 aliphatic rings. The summed E-state index contributed by atoms with van der Waals surface area (Å²) in [6, 6.07) is 3.46. The Morgan fingerprint density at radius 1 is 1.19 bits per heavy atom. The third-order valence-corrected chi connectivity index (χ3v) is 2.63. The maximum absolute atomic E-state index is 12.3. The molecule has 90 valence electrons. The van der Waals surface area contributed by atoms with Crippen molar-refractivity contribution in [3.63, 3.8) is 0 Å². The molecule has 0 fully saturated rings. The fraction of sp³-hybridized carbons (Fsp3) is 0.455. The number of alkyl halides is 3. The van der Waals surface area contributed by atoms with E-state index in [1.54, 1.807) is 0 Å². The summed E-state index contributed by atoms with van der Waals surface area (Å²) in [7, 11) is 0. The van der Waals surface area contributed by atoms with Crippen LogP contribution in [0.2, 0.25) is 5.02 Å². The van der Waals surface area contributed by atoms with Crippen LogP contribution in [0.5, 0.6) is 0 Å². The van der Waals surface area contributed by atoms with Gasteiger partial charge in [-0.15, -0.1) is 0 Å². The van der Waals surface area contributed by atoms with Crippen LogP contribution in [0, 0.1) is 0 Å². The van der Waals surface area contributed by atoms with Crippen LogP contribution < -0.4 is 5.73 Å². The lowest BCUT2D eigenvalue weighted by Gasteiger charge is -2.09. The van der Waals surface area contributed by atoms with Crippen molar-refractivity contribution in [1.29, 1.82) is 0 Å². The van der Waals surface area contributed by atoms with Gasteiger partial charge in [-0.25, -0.2) is 0 Å². The molecular weight excluding hydrogens is 239 g/mol. The zero-order chi connectivity index (χ0) is 12.2. The molecule has 0 bridgehead atoms. The minimum Gasteiger partial charge on any atom is -0.330 e. The SMILES string of the molecule is NCCCCc1ccc(C(F)(F)F)cc1Cl. The van der Waals surface area contributed by atoms with Gasteiger partial charge in [0, 0.05) is 5.02 Å². The number of nitrogens with two attached hydrogens (primary N) is 1. The van der Waals surface area contributed by atoms with Gasteiger partial charge in [-0.3, -0.25) is 0 Å². The maximum atomic E-state index is 12.3. The zero-order valence-electron chi connectivity index (χ0n) is 8.65. The average Bonchev–Trinajstić information content (AvgIpc) is 2.19. The predicted octanol–water partition coefficient (Wildman–Crippen LogP) is 3.64. The molecule has 0 radical (unpaired) electrons. The molecule has 0 aliphatic carbocycles. The van der Waals surface area contributed by atoms with Crippen molar-refractivity contribution in [3.05, 3.63) is 34.3 Å². The third-order valence-electron chi connectivity index (χ3n) is 2.28. The summed E-state index contributed by atoms with van der Waals surface area (Å²) in [4.78, 5) is 0. The molecule has 0 amide bonds. The number of hydrogen-bond acceptors (Lipinski definition) is 1. The van der Waals surface area contributed by atoms with Crippen molar-refractivity contribution in [3.8, 4) is 0 Å². The monoisotopic (exact) mass is 251 g/mol. The first kappa shape index (κ1) is 13.3. The highest BCUT2D eigenvalue weighted by Gasteiger charge is 2.30. The number of hydrogen-bond donors (Lipinski definition) is 1. The molecule has 0 saturated carbocycles. The summed E-state index contributed by atoms with van der Waals surface area (Å²) in [6.07, 6.45) is -1.99. The van der Waals surface area contributed by atoms with Crippen LogP contribution in [0.25, 0.3) is 0 Å². The van der Waals surface area contributed by atoms with Gasteiger partial charge in [0.2, 0.25) is 0 Å². The molecule has 16 heavy (non-hydrogen) atoms. The highest BCUT2D eigenvalue weighted by Crippen LogP contribution is 2.32. The van der Waals surface area contributed by atoms with Crippen molar-refractivity contribution in [2.45, 2.75) is 25.4 Å². The highest BCUT2D eigenvalue weighted by molar-refractivity contribution is 6.31. The zero-order valence-corrected chi connectivity index (χ0v) is 9.41. The molecule has 1 aromatic rings. The van der Waals surface area contributed by atoms with E-state index in [-0.39, 0.29) is 5.02 Å². The van der Waals surface area contributed by atoms with Gasteiger partial charge in [-0.05, 0) is 43.5 Å². The Hall–Kier alpha value is -0.740. The van der Waals surface area contributed by atoms with E-state index < -0.39 is 11.7 Å². The largest absolute Gasteiger partial charge is 0.416 e. The van der Waals surface area contributed by atoms with Gasteiger partial charge in [0.15, 0.2) is 0 Å². The first-order valence-corrected chi connectivity index (χ1v) is 5.38. The van der Waals surface area contributed by atoms with Crippen LogP contribution in [0.3, 0.4) is 0 Å². The summed E-state index contributed by atoms with van der Waals surface area (Å²) < 4.78 is 37.0. The minimum absolute atomic E-state index is 0.173. The number of benzene rings is 1. The maximum Gasteiger partial charge on any atom is 0.416 e. The van der Waals surface area contributed by atoms with Gasteiger partial charge in [0.05, 0.1) is 5.56 Å². The topological polar surface area (TPSA) is 26.0 Å². The number of unbranched alkanes of at least 4 members (excludes halogenated alkanes) is 1. The quantitative estimate of drug-likeness (QED) is 0.813. The number of rotatable bonds is 4. The van der Waals surface area contributed by atoms with E-state index in [0.717, 1.165) is 30.5 Å². The smallest absolute Gasteiger partial charge is 0.330 e. The summed E-state index contributed by atoms with van der Waals surface area (Å²) >= 11 is 5.78. The van der Waals surface area contributed by atoms with Gasteiger partial charge in [-0.1, -0.05) is 17.7 Å². The van der Waals surface area contributed by atoms with Crippen molar-refractivity contribution >= 4 is 11.6 Å². The molecule has 0 saturated heterocycles. The summed E-state index contributed by atoms with van der Waals surface area (Å²) in [5, 5.41) is 0.173. The van der Waals surface area contributed by atoms with E-state index in [0.29, 0.717) is 13.0 Å². The van der Waals surface area contributed by atoms with E-state index >= 15 is 0 Å². The van der Waals surface area contributed by atoms with E-state index in [4.69, 9.17) is 17.3 Å². The van der Waals surface area contributed by atoms with Crippen LogP contribution in [0.15, 0.2) is 18.2 Å². The highest BCUT2D eigenvalue weighted by atomic mass is 35.5.